The fourth-order valence-electron chi connectivity index (χ4n) is 2.09. The van der Waals surface area contributed by atoms with Crippen molar-refractivity contribution in [1.29, 1.82) is 0 Å². The second kappa shape index (κ2) is 9.27. The number of hydrogen-bond acceptors (Lipinski definition) is 4. The topological polar surface area (TPSA) is 58.5 Å². The maximum Gasteiger partial charge on any atom is 0.191 e. The van der Waals surface area contributed by atoms with E-state index in [-0.39, 0.29) is 6.10 Å². The van der Waals surface area contributed by atoms with E-state index >= 15 is 0 Å². The minimum atomic E-state index is 0.0404. The van der Waals surface area contributed by atoms with Crippen molar-refractivity contribution in [2.45, 2.75) is 40.3 Å². The number of nitrogens with one attached hydrogen (secondary N) is 2. The molecule has 1 unspecified atom stereocenters. The summed E-state index contributed by atoms with van der Waals surface area (Å²) in [5.74, 6) is 1.67. The average Bonchev–Trinajstić information content (AvgIpc) is 2.98. The first-order valence-corrected chi connectivity index (χ1v) is 9.05. The number of ether oxygens (including phenoxy) is 1. The molecule has 1 aromatic heterocycles. The Bertz CT molecular complexity index is 651. The van der Waals surface area contributed by atoms with E-state index < -0.39 is 0 Å². The molecule has 130 valence electrons. The van der Waals surface area contributed by atoms with Crippen molar-refractivity contribution in [3.63, 3.8) is 0 Å². The first kappa shape index (κ1) is 18.3. The lowest BCUT2D eigenvalue weighted by Crippen LogP contribution is -2.41. The molecule has 0 saturated heterocycles. The van der Waals surface area contributed by atoms with Crippen molar-refractivity contribution >= 4 is 17.3 Å². The molecule has 0 bridgehead atoms. The first-order valence-electron chi connectivity index (χ1n) is 8.23. The molecular weight excluding hydrogens is 320 g/mol. The number of nitrogens with zero attached hydrogens (tertiary/aromatic N) is 2. The van der Waals surface area contributed by atoms with Crippen LogP contribution in [0.2, 0.25) is 0 Å². The van der Waals surface area contributed by atoms with Crippen LogP contribution in [0.5, 0.6) is 5.75 Å². The van der Waals surface area contributed by atoms with Gasteiger partial charge in [-0.2, -0.15) is 0 Å². The summed E-state index contributed by atoms with van der Waals surface area (Å²) in [6, 6.07) is 8.10. The molecular formula is C18H26N4OS. The van der Waals surface area contributed by atoms with Crippen LogP contribution in [0.15, 0.2) is 35.5 Å². The Morgan fingerprint density at radius 2 is 2.00 bits per heavy atom. The van der Waals surface area contributed by atoms with E-state index in [2.05, 4.69) is 53.5 Å². The molecule has 0 radical (unpaired) electrons. The van der Waals surface area contributed by atoms with Crippen LogP contribution in [0.25, 0.3) is 0 Å². The molecule has 2 aromatic rings. The molecule has 2 N–H and O–H groups in total. The Kier molecular flexibility index (Phi) is 7.06. The van der Waals surface area contributed by atoms with E-state index in [0.29, 0.717) is 13.1 Å². The van der Waals surface area contributed by atoms with Gasteiger partial charge in [-0.15, -0.1) is 11.3 Å². The van der Waals surface area contributed by atoms with Gasteiger partial charge in [0.05, 0.1) is 13.1 Å². The van der Waals surface area contributed by atoms with Crippen LogP contribution in [0, 0.1) is 13.8 Å². The summed E-state index contributed by atoms with van der Waals surface area (Å²) in [5, 5.41) is 7.59. The third-order valence-electron chi connectivity index (χ3n) is 3.30. The quantitative estimate of drug-likeness (QED) is 0.597. The molecule has 0 fully saturated rings. The van der Waals surface area contributed by atoms with Crippen LogP contribution < -0.4 is 15.4 Å². The summed E-state index contributed by atoms with van der Waals surface area (Å²) in [6.45, 7) is 10.3. The highest BCUT2D eigenvalue weighted by Crippen LogP contribution is 2.13. The molecule has 5 nitrogen and oxygen atoms in total. The van der Waals surface area contributed by atoms with E-state index in [4.69, 9.17) is 4.74 Å². The second-order valence-electron chi connectivity index (χ2n) is 5.68. The van der Waals surface area contributed by atoms with Gasteiger partial charge in [0.1, 0.15) is 16.9 Å². The minimum absolute atomic E-state index is 0.0404. The molecule has 24 heavy (non-hydrogen) atoms. The van der Waals surface area contributed by atoms with Crippen molar-refractivity contribution in [3.05, 3.63) is 45.9 Å². The fraction of sp³-hybridized carbons (Fsp3) is 0.444. The van der Waals surface area contributed by atoms with Gasteiger partial charge < -0.3 is 15.4 Å². The Hall–Kier alpha value is -2.08. The molecule has 1 atom stereocenters. The summed E-state index contributed by atoms with van der Waals surface area (Å²) in [6.07, 6.45) is 1.92. The zero-order valence-electron chi connectivity index (χ0n) is 14.8. The first-order chi connectivity index (χ1) is 11.6. The lowest BCUT2D eigenvalue weighted by molar-refractivity contribution is 0.224. The Morgan fingerprint density at radius 3 is 2.62 bits per heavy atom. The van der Waals surface area contributed by atoms with Crippen molar-refractivity contribution in [1.82, 2.24) is 15.6 Å². The average molecular weight is 347 g/mol. The van der Waals surface area contributed by atoms with Crippen molar-refractivity contribution in [3.8, 4) is 5.75 Å². The van der Waals surface area contributed by atoms with E-state index in [1.165, 1.54) is 10.4 Å². The number of guanidine groups is 1. The van der Waals surface area contributed by atoms with E-state index in [1.807, 2.05) is 25.3 Å². The number of aryl methyl sites for hydroxylation is 2. The second-order valence-corrected chi connectivity index (χ2v) is 7.00. The number of thiazole rings is 1. The van der Waals surface area contributed by atoms with Crippen molar-refractivity contribution < 1.29 is 4.74 Å². The molecule has 0 aliphatic carbocycles. The van der Waals surface area contributed by atoms with Crippen molar-refractivity contribution in [2.24, 2.45) is 4.99 Å². The molecule has 6 heteroatoms. The normalized spacial score (nSPS) is 12.8. The highest BCUT2D eigenvalue weighted by molar-refractivity contribution is 7.11. The van der Waals surface area contributed by atoms with Gasteiger partial charge >= 0.3 is 0 Å². The fourth-order valence-corrected chi connectivity index (χ4v) is 2.81. The van der Waals surface area contributed by atoms with E-state index in [9.17, 15) is 0 Å². The molecule has 1 heterocycles. The summed E-state index contributed by atoms with van der Waals surface area (Å²) >= 11 is 1.68. The summed E-state index contributed by atoms with van der Waals surface area (Å²) in [4.78, 5) is 10.1. The third-order valence-corrected chi connectivity index (χ3v) is 4.20. The monoisotopic (exact) mass is 346 g/mol. The predicted octanol–water partition coefficient (Wildman–Crippen LogP) is 3.28. The van der Waals surface area contributed by atoms with Gasteiger partial charge in [-0.05, 0) is 39.8 Å². The van der Waals surface area contributed by atoms with Gasteiger partial charge in [0, 0.05) is 17.6 Å². The Balaban J connectivity index is 1.84. The Morgan fingerprint density at radius 1 is 1.25 bits per heavy atom. The Labute approximate surface area is 148 Å². The van der Waals surface area contributed by atoms with Gasteiger partial charge in [0.25, 0.3) is 0 Å². The number of rotatable bonds is 7. The van der Waals surface area contributed by atoms with Crippen LogP contribution >= 0.6 is 11.3 Å². The summed E-state index contributed by atoms with van der Waals surface area (Å²) < 4.78 is 5.91. The van der Waals surface area contributed by atoms with Crippen LogP contribution in [0.4, 0.5) is 0 Å². The molecule has 1 aromatic carbocycles. The number of aromatic nitrogens is 1. The van der Waals surface area contributed by atoms with Gasteiger partial charge in [-0.1, -0.05) is 17.7 Å². The van der Waals surface area contributed by atoms with Gasteiger partial charge in [0.15, 0.2) is 5.96 Å². The molecule has 0 aliphatic rings. The summed E-state index contributed by atoms with van der Waals surface area (Å²) in [5.41, 5.74) is 1.23. The lowest BCUT2D eigenvalue weighted by Gasteiger charge is -2.17. The van der Waals surface area contributed by atoms with Crippen molar-refractivity contribution in [2.75, 3.05) is 13.1 Å². The third kappa shape index (κ3) is 6.20. The summed E-state index contributed by atoms with van der Waals surface area (Å²) in [7, 11) is 0. The van der Waals surface area contributed by atoms with Crippen LogP contribution in [-0.4, -0.2) is 30.1 Å². The SMILES string of the molecule is CCNC(=NCc1ncc(C)s1)NCC(C)Oc1ccc(C)cc1. The zero-order valence-corrected chi connectivity index (χ0v) is 15.6. The number of benzene rings is 1. The molecule has 0 saturated carbocycles. The predicted molar refractivity (Wildman–Crippen MR) is 101 cm³/mol. The molecule has 2 rings (SSSR count). The highest BCUT2D eigenvalue weighted by atomic mass is 32.1. The molecule has 0 spiro atoms. The van der Waals surface area contributed by atoms with Gasteiger partial charge in [0.2, 0.25) is 0 Å². The largest absolute Gasteiger partial charge is 0.489 e. The standard InChI is InChI=1S/C18H26N4OS/c1-5-19-18(22-12-17-20-11-15(4)24-17)21-10-14(3)23-16-8-6-13(2)7-9-16/h6-9,11,14H,5,10,12H2,1-4H3,(H2,19,21,22). The van der Waals surface area contributed by atoms with Gasteiger partial charge in [-0.25, -0.2) is 9.98 Å². The van der Waals surface area contributed by atoms with Crippen LogP contribution in [0.3, 0.4) is 0 Å². The lowest BCUT2D eigenvalue weighted by atomic mass is 10.2. The number of hydrogen-bond donors (Lipinski definition) is 2. The smallest absolute Gasteiger partial charge is 0.191 e. The van der Waals surface area contributed by atoms with Gasteiger partial charge in [-0.3, -0.25) is 0 Å². The zero-order chi connectivity index (χ0) is 17.4. The van der Waals surface area contributed by atoms with Crippen LogP contribution in [0.1, 0.15) is 29.3 Å². The molecule has 0 aliphatic heterocycles. The number of aliphatic imine (C=N–C) groups is 1. The maximum absolute atomic E-state index is 5.91. The van der Waals surface area contributed by atoms with E-state index in [1.54, 1.807) is 11.3 Å². The minimum Gasteiger partial charge on any atom is -0.489 e. The highest BCUT2D eigenvalue weighted by Gasteiger charge is 2.06. The molecule has 0 amide bonds. The van der Waals surface area contributed by atoms with Crippen LogP contribution in [-0.2, 0) is 6.54 Å². The van der Waals surface area contributed by atoms with E-state index in [0.717, 1.165) is 23.3 Å². The maximum atomic E-state index is 5.91.